The summed E-state index contributed by atoms with van der Waals surface area (Å²) in [5.74, 6) is 0.0996. The molecule has 1 amide bonds. The molecule has 0 unspecified atom stereocenters. The highest BCUT2D eigenvalue weighted by molar-refractivity contribution is 7.92. The Morgan fingerprint density at radius 3 is 2.18 bits per heavy atom. The molecule has 2 fully saturated rings. The number of amides is 1. The average molecular weight is 504 g/mol. The highest BCUT2D eigenvalue weighted by Gasteiger charge is 2.48. The van der Waals surface area contributed by atoms with Crippen LogP contribution >= 0.6 is 11.6 Å². The van der Waals surface area contributed by atoms with Crippen molar-refractivity contribution in [1.82, 2.24) is 0 Å². The molecule has 0 N–H and O–H groups in total. The smallest absolute Gasteiger partial charge is 0.232 e. The number of aryl methyl sites for hydroxylation is 1. The fourth-order valence-electron chi connectivity index (χ4n) is 4.94. The molecular formula is C27H34ClNO4S. The SMILES string of the molecule is Cc1cc(C2(S(=O)(=O)c3ccc(Cl)cc3)CCOCC2)ccc1N(C(=O)C(C)(C)C)C1CCC1. The van der Waals surface area contributed by atoms with E-state index in [4.69, 9.17) is 16.3 Å². The van der Waals surface area contributed by atoms with Crippen LogP contribution in [0.25, 0.3) is 0 Å². The third-order valence-corrected chi connectivity index (χ3v) is 10.0. The number of nitrogens with zero attached hydrogens (tertiary/aromatic N) is 1. The highest BCUT2D eigenvalue weighted by Crippen LogP contribution is 2.45. The van der Waals surface area contributed by atoms with Crippen LogP contribution in [0.2, 0.25) is 5.02 Å². The number of anilines is 1. The third kappa shape index (κ3) is 4.40. The fraction of sp³-hybridized carbons (Fsp3) is 0.519. The summed E-state index contributed by atoms with van der Waals surface area (Å²) >= 11 is 6.02. The number of carbonyl (C=O) groups is 1. The van der Waals surface area contributed by atoms with E-state index in [0.717, 1.165) is 36.1 Å². The first kappa shape index (κ1) is 25.2. The van der Waals surface area contributed by atoms with Crippen molar-refractivity contribution in [2.45, 2.75) is 75.5 Å². The molecule has 0 bridgehead atoms. The molecule has 1 aliphatic heterocycles. The summed E-state index contributed by atoms with van der Waals surface area (Å²) in [4.78, 5) is 15.6. The van der Waals surface area contributed by atoms with Crippen LogP contribution in [0.1, 0.15) is 64.0 Å². The zero-order chi connectivity index (χ0) is 24.7. The second-order valence-electron chi connectivity index (χ2n) is 10.6. The van der Waals surface area contributed by atoms with E-state index in [1.165, 1.54) is 0 Å². The van der Waals surface area contributed by atoms with E-state index in [2.05, 4.69) is 0 Å². The van der Waals surface area contributed by atoms with Crippen molar-refractivity contribution < 1.29 is 17.9 Å². The molecule has 5 nitrogen and oxygen atoms in total. The number of hydrogen-bond acceptors (Lipinski definition) is 4. The van der Waals surface area contributed by atoms with Crippen LogP contribution in [0.5, 0.6) is 0 Å². The first-order valence-corrected chi connectivity index (χ1v) is 13.9. The van der Waals surface area contributed by atoms with Gasteiger partial charge in [-0.05, 0) is 80.5 Å². The predicted molar refractivity (Wildman–Crippen MR) is 136 cm³/mol. The zero-order valence-electron chi connectivity index (χ0n) is 20.4. The maximum atomic E-state index is 14.0. The molecule has 1 saturated carbocycles. The number of hydrogen-bond donors (Lipinski definition) is 0. The molecule has 184 valence electrons. The van der Waals surface area contributed by atoms with E-state index >= 15 is 0 Å². The van der Waals surface area contributed by atoms with E-state index in [9.17, 15) is 13.2 Å². The minimum atomic E-state index is -3.71. The van der Waals surface area contributed by atoms with Gasteiger partial charge in [-0.25, -0.2) is 8.42 Å². The number of carbonyl (C=O) groups excluding carboxylic acids is 1. The van der Waals surface area contributed by atoms with Gasteiger partial charge in [0.25, 0.3) is 0 Å². The summed E-state index contributed by atoms with van der Waals surface area (Å²) in [6, 6.07) is 12.4. The molecule has 4 rings (SSSR count). The van der Waals surface area contributed by atoms with Gasteiger partial charge in [0.05, 0.1) is 4.90 Å². The Hall–Kier alpha value is -1.89. The van der Waals surface area contributed by atoms with Gasteiger partial charge in [0.15, 0.2) is 9.84 Å². The van der Waals surface area contributed by atoms with Crippen LogP contribution in [0.3, 0.4) is 0 Å². The Labute approximate surface area is 208 Å². The van der Waals surface area contributed by atoms with Gasteiger partial charge in [-0.3, -0.25) is 4.79 Å². The topological polar surface area (TPSA) is 63.7 Å². The average Bonchev–Trinajstić information content (AvgIpc) is 2.76. The van der Waals surface area contributed by atoms with Gasteiger partial charge < -0.3 is 9.64 Å². The van der Waals surface area contributed by atoms with Crippen LogP contribution in [-0.4, -0.2) is 33.6 Å². The van der Waals surface area contributed by atoms with Crippen molar-refractivity contribution >= 4 is 33.0 Å². The molecule has 0 spiro atoms. The maximum Gasteiger partial charge on any atom is 0.232 e. The lowest BCUT2D eigenvalue weighted by molar-refractivity contribution is -0.126. The second kappa shape index (κ2) is 9.29. The Morgan fingerprint density at radius 2 is 1.68 bits per heavy atom. The molecular weight excluding hydrogens is 470 g/mol. The Balaban J connectivity index is 1.80. The lowest BCUT2D eigenvalue weighted by atomic mass is 9.85. The molecule has 0 aromatic heterocycles. The molecule has 2 aromatic carbocycles. The number of halogens is 1. The summed E-state index contributed by atoms with van der Waals surface area (Å²) in [6.07, 6.45) is 3.87. The highest BCUT2D eigenvalue weighted by atomic mass is 35.5. The Morgan fingerprint density at radius 1 is 1.06 bits per heavy atom. The van der Waals surface area contributed by atoms with Crippen LogP contribution in [0, 0.1) is 12.3 Å². The van der Waals surface area contributed by atoms with Crippen LogP contribution in [0.15, 0.2) is 47.4 Å². The van der Waals surface area contributed by atoms with E-state index in [-0.39, 0.29) is 16.8 Å². The van der Waals surface area contributed by atoms with Crippen molar-refractivity contribution in [2.75, 3.05) is 18.1 Å². The van der Waals surface area contributed by atoms with Crippen molar-refractivity contribution in [3.8, 4) is 0 Å². The maximum absolute atomic E-state index is 14.0. The molecule has 34 heavy (non-hydrogen) atoms. The Bertz CT molecular complexity index is 1160. The summed E-state index contributed by atoms with van der Waals surface area (Å²) in [6.45, 7) is 8.57. The molecule has 1 saturated heterocycles. The van der Waals surface area contributed by atoms with E-state index in [1.54, 1.807) is 24.3 Å². The fourth-order valence-corrected chi connectivity index (χ4v) is 7.15. The normalized spacial score (nSPS) is 18.9. The zero-order valence-corrected chi connectivity index (χ0v) is 22.0. The van der Waals surface area contributed by atoms with Gasteiger partial charge in [-0.2, -0.15) is 0 Å². The van der Waals surface area contributed by atoms with Crippen molar-refractivity contribution in [1.29, 1.82) is 0 Å². The predicted octanol–water partition coefficient (Wildman–Crippen LogP) is 6.06. The minimum Gasteiger partial charge on any atom is -0.381 e. The number of sulfone groups is 1. The lowest BCUT2D eigenvalue weighted by Crippen LogP contribution is -2.49. The standard InChI is InChI=1S/C27H34ClNO4S/c1-19-18-20(8-13-24(19)29(22-6-5-7-22)25(30)26(2,3)4)27(14-16-33-17-15-27)34(31,32)23-11-9-21(28)10-12-23/h8-13,18,22H,5-7,14-17H2,1-4H3. The van der Waals surface area contributed by atoms with Crippen LogP contribution in [-0.2, 0) is 24.1 Å². The largest absolute Gasteiger partial charge is 0.381 e. The van der Waals surface area contributed by atoms with Crippen molar-refractivity contribution in [3.05, 3.63) is 58.6 Å². The van der Waals surface area contributed by atoms with Gasteiger partial charge in [-0.1, -0.05) is 44.5 Å². The summed E-state index contributed by atoms with van der Waals surface area (Å²) < 4.78 is 32.5. The molecule has 7 heteroatoms. The molecule has 0 atom stereocenters. The van der Waals surface area contributed by atoms with Crippen LogP contribution in [0.4, 0.5) is 5.69 Å². The summed E-state index contributed by atoms with van der Waals surface area (Å²) in [7, 11) is -3.71. The monoisotopic (exact) mass is 503 g/mol. The third-order valence-electron chi connectivity index (χ3n) is 7.22. The summed E-state index contributed by atoms with van der Waals surface area (Å²) in [5.41, 5.74) is 2.04. The van der Waals surface area contributed by atoms with Gasteiger partial charge in [0.2, 0.25) is 5.91 Å². The molecule has 1 aliphatic carbocycles. The van der Waals surface area contributed by atoms with E-state index in [0.29, 0.717) is 31.1 Å². The number of ether oxygens (including phenoxy) is 1. The molecule has 0 radical (unpaired) electrons. The molecule has 2 aliphatic rings. The molecule has 2 aromatic rings. The molecule has 1 heterocycles. The first-order chi connectivity index (χ1) is 16.0. The van der Waals surface area contributed by atoms with Crippen LogP contribution < -0.4 is 4.90 Å². The van der Waals surface area contributed by atoms with E-state index < -0.39 is 20.0 Å². The lowest BCUT2D eigenvalue weighted by Gasteiger charge is -2.42. The quantitative estimate of drug-likeness (QED) is 0.497. The second-order valence-corrected chi connectivity index (χ2v) is 13.3. The van der Waals surface area contributed by atoms with Gasteiger partial charge >= 0.3 is 0 Å². The van der Waals surface area contributed by atoms with E-state index in [1.807, 2.05) is 50.8 Å². The van der Waals surface area contributed by atoms with Gasteiger partial charge in [0, 0.05) is 35.4 Å². The number of rotatable bonds is 5. The van der Waals surface area contributed by atoms with Crippen molar-refractivity contribution in [3.63, 3.8) is 0 Å². The van der Waals surface area contributed by atoms with Gasteiger partial charge in [-0.15, -0.1) is 0 Å². The number of benzene rings is 2. The first-order valence-electron chi connectivity index (χ1n) is 12.0. The minimum absolute atomic E-state index is 0.0996. The summed E-state index contributed by atoms with van der Waals surface area (Å²) in [5, 5.41) is 0.500. The van der Waals surface area contributed by atoms with Crippen molar-refractivity contribution in [2.24, 2.45) is 5.41 Å². The Kier molecular flexibility index (Phi) is 6.89. The van der Waals surface area contributed by atoms with Gasteiger partial charge in [0.1, 0.15) is 4.75 Å².